The highest BCUT2D eigenvalue weighted by Gasteiger charge is 2.05. The van der Waals surface area contributed by atoms with E-state index in [1.165, 1.54) is 64.2 Å². The molecule has 0 saturated carbocycles. The summed E-state index contributed by atoms with van der Waals surface area (Å²) in [5, 5.41) is 0. The van der Waals surface area contributed by atoms with E-state index in [-0.39, 0.29) is 0 Å². The number of hydrogen-bond acceptors (Lipinski definition) is 0. The molecule has 0 aromatic carbocycles. The van der Waals surface area contributed by atoms with Crippen molar-refractivity contribution in [3.05, 3.63) is 0 Å². The molecule has 0 heteroatoms. The fourth-order valence-corrected chi connectivity index (χ4v) is 2.45. The van der Waals surface area contributed by atoms with Crippen molar-refractivity contribution < 1.29 is 0 Å². The van der Waals surface area contributed by atoms with Crippen LogP contribution < -0.4 is 0 Å². The third kappa shape index (κ3) is 16.0. The Labute approximate surface area is 118 Å². The van der Waals surface area contributed by atoms with Crippen molar-refractivity contribution in [3.63, 3.8) is 0 Å². The normalized spacial score (nSPS) is 13.7. The van der Waals surface area contributed by atoms with Gasteiger partial charge in [-0.2, -0.15) is 0 Å². The lowest BCUT2D eigenvalue weighted by atomic mass is 9.92. The SMILES string of the molecule is CC.CCCCCCCC(C)CCC(C)CCC. The second-order valence-corrected chi connectivity index (χ2v) is 5.78. The molecule has 0 nitrogen and oxygen atoms in total. The predicted molar refractivity (Wildman–Crippen MR) is 87.2 cm³/mol. The molecule has 2 atom stereocenters. The summed E-state index contributed by atoms with van der Waals surface area (Å²) in [7, 11) is 0. The van der Waals surface area contributed by atoms with Crippen molar-refractivity contribution in [2.24, 2.45) is 11.8 Å². The van der Waals surface area contributed by atoms with Crippen LogP contribution in [0, 0.1) is 11.8 Å². The topological polar surface area (TPSA) is 0 Å². The Morgan fingerprint density at radius 2 is 1.06 bits per heavy atom. The molecule has 0 heterocycles. The molecule has 2 unspecified atom stereocenters. The van der Waals surface area contributed by atoms with E-state index in [1.54, 1.807) is 0 Å². The Bertz CT molecular complexity index is 128. The second kappa shape index (κ2) is 17.0. The molecule has 0 aromatic heterocycles. The smallest absolute Gasteiger partial charge is 0.0443 e. The summed E-state index contributed by atoms with van der Waals surface area (Å²) in [6, 6.07) is 0. The largest absolute Gasteiger partial charge is 0.0683 e. The van der Waals surface area contributed by atoms with E-state index in [4.69, 9.17) is 0 Å². The van der Waals surface area contributed by atoms with E-state index in [9.17, 15) is 0 Å². The van der Waals surface area contributed by atoms with Gasteiger partial charge in [0.1, 0.15) is 0 Å². The van der Waals surface area contributed by atoms with Gasteiger partial charge in [0.25, 0.3) is 0 Å². The van der Waals surface area contributed by atoms with Gasteiger partial charge in [-0.05, 0) is 11.8 Å². The molecule has 0 spiro atoms. The lowest BCUT2D eigenvalue weighted by Gasteiger charge is -2.14. The Balaban J connectivity index is 0. The van der Waals surface area contributed by atoms with Crippen molar-refractivity contribution in [2.45, 2.75) is 106 Å². The summed E-state index contributed by atoms with van der Waals surface area (Å²) in [4.78, 5) is 0. The van der Waals surface area contributed by atoms with Gasteiger partial charge in [0.2, 0.25) is 0 Å². The van der Waals surface area contributed by atoms with Crippen LogP contribution in [0.3, 0.4) is 0 Å². The van der Waals surface area contributed by atoms with Crippen LogP contribution in [-0.4, -0.2) is 0 Å². The van der Waals surface area contributed by atoms with Gasteiger partial charge >= 0.3 is 0 Å². The van der Waals surface area contributed by atoms with E-state index in [0.29, 0.717) is 0 Å². The Morgan fingerprint density at radius 3 is 1.56 bits per heavy atom. The van der Waals surface area contributed by atoms with Crippen LogP contribution in [0.4, 0.5) is 0 Å². The minimum absolute atomic E-state index is 0.951. The van der Waals surface area contributed by atoms with Crippen molar-refractivity contribution in [1.82, 2.24) is 0 Å². The highest BCUT2D eigenvalue weighted by molar-refractivity contribution is 4.58. The second-order valence-electron chi connectivity index (χ2n) is 5.78. The fourth-order valence-electron chi connectivity index (χ4n) is 2.45. The highest BCUT2D eigenvalue weighted by atomic mass is 14.1. The molecule has 0 amide bonds. The molecule has 0 rings (SSSR count). The molecule has 0 fully saturated rings. The summed E-state index contributed by atoms with van der Waals surface area (Å²) in [6.07, 6.45) is 14.3. The van der Waals surface area contributed by atoms with Gasteiger partial charge in [-0.3, -0.25) is 0 Å². The van der Waals surface area contributed by atoms with Crippen molar-refractivity contribution in [2.75, 3.05) is 0 Å². The van der Waals surface area contributed by atoms with Gasteiger partial charge in [-0.15, -0.1) is 0 Å². The minimum atomic E-state index is 0.951. The highest BCUT2D eigenvalue weighted by Crippen LogP contribution is 2.20. The van der Waals surface area contributed by atoms with Gasteiger partial charge in [0.05, 0.1) is 0 Å². The average molecular weight is 257 g/mol. The maximum Gasteiger partial charge on any atom is -0.0443 e. The van der Waals surface area contributed by atoms with Crippen molar-refractivity contribution >= 4 is 0 Å². The van der Waals surface area contributed by atoms with Crippen molar-refractivity contribution in [3.8, 4) is 0 Å². The number of hydrogen-bond donors (Lipinski definition) is 0. The quantitative estimate of drug-likeness (QED) is 0.342. The number of rotatable bonds is 11. The first-order chi connectivity index (χ1) is 8.70. The average Bonchev–Trinajstić information content (AvgIpc) is 2.39. The molecule has 112 valence electrons. The molecular formula is C18H40. The van der Waals surface area contributed by atoms with Crippen LogP contribution in [-0.2, 0) is 0 Å². The van der Waals surface area contributed by atoms with Gasteiger partial charge in [0.15, 0.2) is 0 Å². The zero-order valence-electron chi connectivity index (χ0n) is 14.2. The van der Waals surface area contributed by atoms with Gasteiger partial charge in [0, 0.05) is 0 Å². The van der Waals surface area contributed by atoms with Crippen LogP contribution in [0.25, 0.3) is 0 Å². The zero-order chi connectivity index (χ0) is 14.2. The first-order valence-electron chi connectivity index (χ1n) is 8.70. The summed E-state index contributed by atoms with van der Waals surface area (Å²) < 4.78 is 0. The zero-order valence-corrected chi connectivity index (χ0v) is 14.2. The van der Waals surface area contributed by atoms with Crippen LogP contribution in [0.15, 0.2) is 0 Å². The van der Waals surface area contributed by atoms with E-state index in [0.717, 1.165) is 11.8 Å². The minimum Gasteiger partial charge on any atom is -0.0683 e. The molecule has 0 radical (unpaired) electrons. The standard InChI is InChI=1S/C16H34.C2H6/c1-5-7-8-9-10-12-16(4)14-13-15(3)11-6-2;1-2/h15-16H,5-14H2,1-4H3;1-2H3. The fraction of sp³-hybridized carbons (Fsp3) is 1.00. The lowest BCUT2D eigenvalue weighted by molar-refractivity contribution is 0.385. The molecule has 0 bridgehead atoms. The Hall–Kier alpha value is 0. The molecule has 18 heavy (non-hydrogen) atoms. The molecule has 0 aromatic rings. The Kier molecular flexibility index (Phi) is 19.2. The third-order valence-electron chi connectivity index (χ3n) is 3.73. The van der Waals surface area contributed by atoms with Crippen LogP contribution >= 0.6 is 0 Å². The van der Waals surface area contributed by atoms with Gasteiger partial charge < -0.3 is 0 Å². The molecular weight excluding hydrogens is 216 g/mol. The molecule has 0 aliphatic rings. The lowest BCUT2D eigenvalue weighted by Crippen LogP contribution is -2.00. The summed E-state index contributed by atoms with van der Waals surface area (Å²) in [5.41, 5.74) is 0. The predicted octanol–water partition coefficient (Wildman–Crippen LogP) is 7.23. The first-order valence-corrected chi connectivity index (χ1v) is 8.70. The van der Waals surface area contributed by atoms with Crippen LogP contribution in [0.5, 0.6) is 0 Å². The molecule has 0 aliphatic carbocycles. The molecule has 0 N–H and O–H groups in total. The van der Waals surface area contributed by atoms with Gasteiger partial charge in [-0.25, -0.2) is 0 Å². The monoisotopic (exact) mass is 256 g/mol. The third-order valence-corrected chi connectivity index (χ3v) is 3.73. The summed E-state index contributed by atoms with van der Waals surface area (Å²) in [6.45, 7) is 13.4. The van der Waals surface area contributed by atoms with Gasteiger partial charge in [-0.1, -0.05) is 106 Å². The maximum absolute atomic E-state index is 2.44. The molecule has 0 saturated heterocycles. The van der Waals surface area contributed by atoms with E-state index in [1.807, 2.05) is 13.8 Å². The molecule has 0 aliphatic heterocycles. The van der Waals surface area contributed by atoms with Crippen molar-refractivity contribution in [1.29, 1.82) is 0 Å². The first kappa shape index (κ1) is 20.3. The van der Waals surface area contributed by atoms with E-state index in [2.05, 4.69) is 27.7 Å². The Morgan fingerprint density at radius 1 is 0.556 bits per heavy atom. The van der Waals surface area contributed by atoms with Crippen LogP contribution in [0.1, 0.15) is 106 Å². The van der Waals surface area contributed by atoms with E-state index >= 15 is 0 Å². The summed E-state index contributed by atoms with van der Waals surface area (Å²) in [5.74, 6) is 1.91. The van der Waals surface area contributed by atoms with E-state index < -0.39 is 0 Å². The summed E-state index contributed by atoms with van der Waals surface area (Å²) >= 11 is 0. The number of unbranched alkanes of at least 4 members (excludes halogenated alkanes) is 4. The van der Waals surface area contributed by atoms with Crippen LogP contribution in [0.2, 0.25) is 0 Å². The maximum atomic E-state index is 2.44.